The maximum absolute atomic E-state index is 12.3. The molecule has 0 aromatic rings. The summed E-state index contributed by atoms with van der Waals surface area (Å²) in [6, 6.07) is 1.06. The number of rotatable bonds is 6. The van der Waals surface area contributed by atoms with Gasteiger partial charge in [-0.1, -0.05) is 12.8 Å². The highest BCUT2D eigenvalue weighted by atomic mass is 16.6. The summed E-state index contributed by atoms with van der Waals surface area (Å²) in [6.07, 6.45) is 7.46. The minimum Gasteiger partial charge on any atom is -0.444 e. The molecule has 1 aliphatic carbocycles. The zero-order valence-corrected chi connectivity index (χ0v) is 15.4. The van der Waals surface area contributed by atoms with E-state index in [-0.39, 0.29) is 12.1 Å². The predicted octanol–water partition coefficient (Wildman–Crippen LogP) is 2.85. The van der Waals surface area contributed by atoms with Gasteiger partial charge in [-0.3, -0.25) is 0 Å². The van der Waals surface area contributed by atoms with Crippen LogP contribution in [0.4, 0.5) is 4.79 Å². The fourth-order valence-electron chi connectivity index (χ4n) is 3.66. The van der Waals surface area contributed by atoms with Crippen molar-refractivity contribution in [3.8, 4) is 0 Å². The molecular formula is C18H35N3O2. The molecular weight excluding hydrogens is 290 g/mol. The lowest BCUT2D eigenvalue weighted by atomic mass is 10.2. The van der Waals surface area contributed by atoms with Crippen LogP contribution < -0.4 is 5.32 Å². The van der Waals surface area contributed by atoms with E-state index in [0.717, 1.165) is 45.1 Å². The Labute approximate surface area is 141 Å². The number of hydrogen-bond acceptors (Lipinski definition) is 4. The van der Waals surface area contributed by atoms with Gasteiger partial charge in [0.25, 0.3) is 0 Å². The van der Waals surface area contributed by atoms with E-state index in [0.29, 0.717) is 0 Å². The van der Waals surface area contributed by atoms with Crippen molar-refractivity contribution in [2.75, 3.05) is 33.2 Å². The van der Waals surface area contributed by atoms with Crippen LogP contribution in [-0.2, 0) is 4.74 Å². The summed E-state index contributed by atoms with van der Waals surface area (Å²) >= 11 is 0. The molecule has 1 aliphatic heterocycles. The molecule has 0 aromatic carbocycles. The van der Waals surface area contributed by atoms with Gasteiger partial charge in [0.05, 0.1) is 0 Å². The highest BCUT2D eigenvalue weighted by Gasteiger charge is 2.31. The second-order valence-corrected chi connectivity index (χ2v) is 8.09. The average molecular weight is 325 g/mol. The first kappa shape index (κ1) is 18.5. The van der Waals surface area contributed by atoms with Crippen molar-refractivity contribution in [2.45, 2.75) is 77.0 Å². The summed E-state index contributed by atoms with van der Waals surface area (Å²) in [4.78, 5) is 16.6. The van der Waals surface area contributed by atoms with E-state index in [1.807, 2.05) is 25.7 Å². The molecule has 0 aromatic heterocycles. The molecule has 1 amide bonds. The average Bonchev–Trinajstić information content (AvgIpc) is 3.12. The van der Waals surface area contributed by atoms with E-state index in [9.17, 15) is 4.79 Å². The lowest BCUT2D eigenvalue weighted by Gasteiger charge is -2.29. The quantitative estimate of drug-likeness (QED) is 0.763. The normalized spacial score (nSPS) is 23.0. The van der Waals surface area contributed by atoms with Crippen LogP contribution in [0, 0.1) is 0 Å². The maximum Gasteiger partial charge on any atom is 0.410 e. The Hall–Kier alpha value is -0.810. The summed E-state index contributed by atoms with van der Waals surface area (Å²) in [5, 5.41) is 3.54. The molecule has 5 nitrogen and oxygen atoms in total. The van der Waals surface area contributed by atoms with Crippen LogP contribution in [0.5, 0.6) is 0 Å². The molecule has 2 aliphatic rings. The van der Waals surface area contributed by atoms with Gasteiger partial charge in [-0.2, -0.15) is 0 Å². The van der Waals surface area contributed by atoms with Crippen molar-refractivity contribution in [3.05, 3.63) is 0 Å². The first-order chi connectivity index (χ1) is 10.9. The van der Waals surface area contributed by atoms with Gasteiger partial charge in [-0.05, 0) is 53.5 Å². The van der Waals surface area contributed by atoms with Crippen LogP contribution in [0.25, 0.3) is 0 Å². The topological polar surface area (TPSA) is 44.8 Å². The summed E-state index contributed by atoms with van der Waals surface area (Å²) < 4.78 is 5.51. The van der Waals surface area contributed by atoms with Gasteiger partial charge in [0.2, 0.25) is 0 Å². The van der Waals surface area contributed by atoms with Gasteiger partial charge >= 0.3 is 6.09 Å². The molecule has 0 radical (unpaired) electrons. The number of hydrogen-bond donors (Lipinski definition) is 1. The molecule has 5 heteroatoms. The van der Waals surface area contributed by atoms with Crippen molar-refractivity contribution in [2.24, 2.45) is 0 Å². The molecule has 1 saturated heterocycles. The Kier molecular flexibility index (Phi) is 6.72. The first-order valence-corrected chi connectivity index (χ1v) is 9.27. The van der Waals surface area contributed by atoms with E-state index in [1.165, 1.54) is 25.7 Å². The van der Waals surface area contributed by atoms with Gasteiger partial charge in [0.1, 0.15) is 5.60 Å². The van der Waals surface area contributed by atoms with Crippen LogP contribution >= 0.6 is 0 Å². The number of carbonyl (C=O) groups is 1. The maximum atomic E-state index is 12.3. The van der Waals surface area contributed by atoms with Gasteiger partial charge in [0.15, 0.2) is 0 Å². The summed E-state index contributed by atoms with van der Waals surface area (Å²) in [5.41, 5.74) is -0.415. The Bertz CT molecular complexity index is 375. The van der Waals surface area contributed by atoms with Crippen LogP contribution in [0.2, 0.25) is 0 Å². The fourth-order valence-corrected chi connectivity index (χ4v) is 3.66. The second kappa shape index (κ2) is 8.34. The lowest BCUT2D eigenvalue weighted by Crippen LogP contribution is -2.45. The zero-order valence-electron chi connectivity index (χ0n) is 15.4. The molecule has 1 N–H and O–H groups in total. The smallest absolute Gasteiger partial charge is 0.410 e. The number of likely N-dealkylation sites (tertiary alicyclic amines) is 1. The van der Waals surface area contributed by atoms with Crippen LogP contribution in [0.3, 0.4) is 0 Å². The monoisotopic (exact) mass is 325 g/mol. The Morgan fingerprint density at radius 1 is 1.22 bits per heavy atom. The first-order valence-electron chi connectivity index (χ1n) is 9.27. The van der Waals surface area contributed by atoms with E-state index < -0.39 is 5.60 Å². The molecule has 2 fully saturated rings. The van der Waals surface area contributed by atoms with E-state index >= 15 is 0 Å². The third kappa shape index (κ3) is 5.96. The predicted molar refractivity (Wildman–Crippen MR) is 93.7 cm³/mol. The molecule has 1 atom stereocenters. The molecule has 2 rings (SSSR count). The lowest BCUT2D eigenvalue weighted by molar-refractivity contribution is 0.0226. The number of carbonyl (C=O) groups excluding carboxylic acids is 1. The van der Waals surface area contributed by atoms with E-state index in [2.05, 4.69) is 17.3 Å². The van der Waals surface area contributed by atoms with Crippen molar-refractivity contribution >= 4 is 6.09 Å². The molecule has 134 valence electrons. The highest BCUT2D eigenvalue weighted by molar-refractivity contribution is 5.69. The van der Waals surface area contributed by atoms with Gasteiger partial charge < -0.3 is 19.9 Å². The summed E-state index contributed by atoms with van der Waals surface area (Å²) in [5.74, 6) is 0. The van der Waals surface area contributed by atoms with E-state index in [4.69, 9.17) is 4.74 Å². The van der Waals surface area contributed by atoms with Crippen LogP contribution in [0.15, 0.2) is 0 Å². The number of likely N-dealkylation sites (N-methyl/N-ethyl adjacent to an activating group) is 1. The summed E-state index contributed by atoms with van der Waals surface area (Å²) in [7, 11) is 2.24. The number of ether oxygens (including phenoxy) is 1. The molecule has 0 bridgehead atoms. The standard InChI is InChI=1S/C18H35N3O2/c1-18(2,3)23-17(22)21-12-7-10-16(21)14-19-11-13-20(4)15-8-5-6-9-15/h15-16,19H,5-14H2,1-4H3. The molecule has 23 heavy (non-hydrogen) atoms. The van der Waals surface area contributed by atoms with Gasteiger partial charge in [-0.15, -0.1) is 0 Å². The molecule has 1 saturated carbocycles. The fraction of sp³-hybridized carbons (Fsp3) is 0.944. The van der Waals surface area contributed by atoms with Crippen LogP contribution in [-0.4, -0.2) is 66.8 Å². The molecule has 1 heterocycles. The van der Waals surface area contributed by atoms with Crippen molar-refractivity contribution in [1.82, 2.24) is 15.1 Å². The van der Waals surface area contributed by atoms with Crippen molar-refractivity contribution < 1.29 is 9.53 Å². The van der Waals surface area contributed by atoms with Crippen molar-refractivity contribution in [1.29, 1.82) is 0 Å². The Balaban J connectivity index is 1.66. The van der Waals surface area contributed by atoms with E-state index in [1.54, 1.807) is 0 Å². The minimum absolute atomic E-state index is 0.162. The largest absolute Gasteiger partial charge is 0.444 e. The molecule has 0 spiro atoms. The Morgan fingerprint density at radius 3 is 2.57 bits per heavy atom. The van der Waals surface area contributed by atoms with Gasteiger partial charge in [-0.25, -0.2) is 4.79 Å². The Morgan fingerprint density at radius 2 is 1.91 bits per heavy atom. The summed E-state index contributed by atoms with van der Waals surface area (Å²) in [6.45, 7) is 9.55. The number of nitrogens with zero attached hydrogens (tertiary/aromatic N) is 2. The SMILES string of the molecule is CN(CCNCC1CCCN1C(=O)OC(C)(C)C)C1CCCC1. The third-order valence-corrected chi connectivity index (χ3v) is 4.97. The number of nitrogens with one attached hydrogen (secondary N) is 1. The number of amides is 1. The highest BCUT2D eigenvalue weighted by Crippen LogP contribution is 2.22. The zero-order chi connectivity index (χ0) is 16.9. The van der Waals surface area contributed by atoms with Crippen LogP contribution in [0.1, 0.15) is 59.3 Å². The third-order valence-electron chi connectivity index (χ3n) is 4.97. The van der Waals surface area contributed by atoms with Gasteiger partial charge in [0, 0.05) is 38.3 Å². The minimum atomic E-state index is -0.415. The molecule has 1 unspecified atom stereocenters. The van der Waals surface area contributed by atoms with Crippen molar-refractivity contribution in [3.63, 3.8) is 0 Å². The second-order valence-electron chi connectivity index (χ2n) is 8.09.